The summed E-state index contributed by atoms with van der Waals surface area (Å²) in [5.41, 5.74) is 45.7. The van der Waals surface area contributed by atoms with Crippen molar-refractivity contribution in [3.05, 3.63) is 0 Å². The topological polar surface area (TPSA) is 1030 Å². The van der Waals surface area contributed by atoms with E-state index < -0.39 is 290 Å². The number of nitrogens with one attached hydrogen (secondary N) is 9. The van der Waals surface area contributed by atoms with Crippen LogP contribution in [0.3, 0.4) is 0 Å². The zero-order valence-electron chi connectivity index (χ0n) is 80.2. The Bertz CT molecular complexity index is 4760. The number of hydrogen-bond acceptors (Lipinski definition) is 40. The van der Waals surface area contributed by atoms with Gasteiger partial charge in [-0.05, 0) is 131 Å². The molecule has 7 fully saturated rings. The zero-order valence-corrected chi connectivity index (χ0v) is 84.3. The molecule has 60 nitrogen and oxygen atoms in total. The molecule has 2 saturated carbocycles. The highest BCUT2D eigenvalue weighted by Crippen LogP contribution is 2.42. The lowest BCUT2D eigenvalue weighted by Gasteiger charge is -2.32. The standard InChI is InChI=1S/C16H32BN5O7S.C14H28BN5O7S.2C14H30BN5O7S.C13H28BN5O7S/c1-10(18)13(23)20-16(14(24)25)9-22(8-12(16)4-3-7-17(26)27)30(28,29)21-11(2)15(19)5-6-15;1-8(16)12(21)18-14(13(22)23)7-20(6-9(14)3-2-4-15(24)25)28(26,27)19-11-5-10(11)17;1-9(16)6-18-28(26,27)20-7-11(4-3-5-15(24)25)14(8-20,13(22)23)19-12(21)10(2)17;1-10(17)12(21)18-14(13(22)23)9-20(28(26,27)19(2)7-6-16)8-11(14)4-3-5-15(24)25;1-9(16)11(20)18-13(12(21)22)8-19(27(25,26)17-6-5-15)7-10(13)3-2-4-14(23)24/h10-12,21,26-27H,3-9,18-19H2,1-2H3,(H,20,23)(H,24,25);8-11,19,24-25H,2-7,16-17H2,1H3,(H,18,21)(H,22,23);9-11,18,24-25H,3-8,16-17H2,1-2H3,(H,19,21)(H,22,23);10-11,24-25H,3-9,16-17H2,1-2H3,(H,18,21)(H,22,23);9-10,17,23-24H,2-8,15-16H2,1H3,(H,18,20)(H,21,22)/t10-,11?,12-,16-;8-,9-,10?,11?,14-;9?,10-,11-,14-;10-,11-,14-;9-,10-,13-/m00000/s1. The van der Waals surface area contributed by atoms with Crippen LogP contribution in [0, 0.1) is 29.6 Å². The van der Waals surface area contributed by atoms with E-state index in [4.69, 9.17) is 108 Å². The van der Waals surface area contributed by atoms with Crippen molar-refractivity contribution in [1.82, 2.24) is 71.3 Å². The second-order valence-electron chi connectivity index (χ2n) is 37.1. The van der Waals surface area contributed by atoms with Gasteiger partial charge in [0.2, 0.25) is 29.5 Å². The summed E-state index contributed by atoms with van der Waals surface area (Å²) in [6.45, 7) is 7.19. The Morgan fingerprint density at radius 3 is 0.851 bits per heavy atom. The van der Waals surface area contributed by atoms with Crippen LogP contribution in [-0.2, 0) is 99.0 Å². The molecule has 5 amide bonds. The fraction of sp³-hybridized carbons (Fsp3) is 0.859. The number of likely N-dealkylation sites (N-methyl/N-ethyl adjacent to an activating group) is 1. The number of carboxylic acids is 5. The van der Waals surface area contributed by atoms with Gasteiger partial charge >= 0.3 is 65.4 Å². The molecule has 0 bridgehead atoms. The van der Waals surface area contributed by atoms with E-state index in [0.717, 1.165) is 25.8 Å². The molecule has 5 aliphatic heterocycles. The maximum atomic E-state index is 12.9. The quantitative estimate of drug-likeness (QED) is 0.0251. The van der Waals surface area contributed by atoms with E-state index in [0.29, 0.717) is 19.3 Å². The van der Waals surface area contributed by atoms with E-state index in [9.17, 15) is 116 Å². The Kier molecular flexibility index (Phi) is 50.2. The fourth-order valence-electron chi connectivity index (χ4n) is 16.3. The lowest BCUT2D eigenvalue weighted by atomic mass is 9.78. The number of carbonyl (C=O) groups excluding carboxylic acids is 5. The van der Waals surface area contributed by atoms with Crippen LogP contribution in [0.15, 0.2) is 0 Å². The lowest BCUT2D eigenvalue weighted by molar-refractivity contribution is -0.149. The van der Waals surface area contributed by atoms with E-state index in [1.54, 1.807) is 13.8 Å². The molecule has 44 N–H and O–H groups in total. The number of carboxylic acid groups (broad SMARTS) is 5. The van der Waals surface area contributed by atoms with Crippen LogP contribution >= 0.6 is 0 Å². The Hall–Kier alpha value is -6.43. The van der Waals surface area contributed by atoms with Crippen LogP contribution in [0.4, 0.5) is 0 Å². The predicted molar refractivity (Wildman–Crippen MR) is 511 cm³/mol. The third kappa shape index (κ3) is 36.8. The van der Waals surface area contributed by atoms with E-state index in [1.807, 2.05) is 0 Å². The Morgan fingerprint density at radius 2 is 0.631 bits per heavy atom. The lowest BCUT2D eigenvalue weighted by Crippen LogP contribution is -2.63. The van der Waals surface area contributed by atoms with Gasteiger partial charge in [0.25, 0.3) is 51.0 Å². The monoisotopic (exact) mass is 2130 g/mol. The molecule has 0 aromatic rings. The summed E-state index contributed by atoms with van der Waals surface area (Å²) >= 11 is 0. The summed E-state index contributed by atoms with van der Waals surface area (Å²) in [6.07, 6.45) is 3.79. The Labute approximate surface area is 822 Å². The molecule has 141 heavy (non-hydrogen) atoms. The van der Waals surface area contributed by atoms with Gasteiger partial charge in [0.1, 0.15) is 0 Å². The highest BCUT2D eigenvalue weighted by atomic mass is 32.2. The van der Waals surface area contributed by atoms with Gasteiger partial charge < -0.3 is 160 Å². The summed E-state index contributed by atoms with van der Waals surface area (Å²) < 4.78 is 142. The smallest absolute Gasteiger partial charge is 0.451 e. The molecule has 7 rings (SSSR count). The number of nitrogens with zero attached hydrogens (tertiary/aromatic N) is 6. The minimum atomic E-state index is -4.08. The maximum absolute atomic E-state index is 12.9. The van der Waals surface area contributed by atoms with Crippen LogP contribution in [0.25, 0.3) is 0 Å². The van der Waals surface area contributed by atoms with Crippen LogP contribution in [0.1, 0.15) is 132 Å². The van der Waals surface area contributed by atoms with Gasteiger partial charge in [-0.3, -0.25) is 24.0 Å². The third-order valence-electron chi connectivity index (χ3n) is 25.2. The molecule has 5 saturated heterocycles. The summed E-state index contributed by atoms with van der Waals surface area (Å²) in [7, 11) is -26.6. The molecule has 0 spiro atoms. The van der Waals surface area contributed by atoms with Crippen LogP contribution in [0.2, 0.25) is 31.6 Å². The highest BCUT2D eigenvalue weighted by Gasteiger charge is 2.63. The molecule has 7 aliphatic rings. The van der Waals surface area contributed by atoms with Gasteiger partial charge in [0, 0.05) is 165 Å². The molecule has 812 valence electrons. The van der Waals surface area contributed by atoms with Crippen molar-refractivity contribution >= 4 is 146 Å². The summed E-state index contributed by atoms with van der Waals surface area (Å²) in [4.78, 5) is 121. The second-order valence-corrected chi connectivity index (χ2v) is 46.1. The zero-order chi connectivity index (χ0) is 108. The van der Waals surface area contributed by atoms with Crippen molar-refractivity contribution in [3.8, 4) is 0 Å². The van der Waals surface area contributed by atoms with Crippen molar-refractivity contribution in [3.63, 3.8) is 0 Å². The maximum Gasteiger partial charge on any atom is 0.451 e. The number of amides is 5. The molecule has 0 aromatic carbocycles. The van der Waals surface area contributed by atoms with Gasteiger partial charge in [0.05, 0.1) is 30.2 Å². The van der Waals surface area contributed by atoms with Gasteiger partial charge in [-0.1, -0.05) is 32.1 Å². The van der Waals surface area contributed by atoms with Crippen molar-refractivity contribution in [2.45, 2.75) is 251 Å². The molecule has 5 heterocycles. The predicted octanol–water partition coefficient (Wildman–Crippen LogP) is -17.0. The Balaban J connectivity index is 0.000000453. The number of aliphatic carboxylic acids is 5. The number of nitrogens with two attached hydrogens (primary N) is 10. The fourth-order valence-corrected chi connectivity index (χ4v) is 23.6. The summed E-state index contributed by atoms with van der Waals surface area (Å²) in [5.74, 6) is -14.5. The van der Waals surface area contributed by atoms with Crippen molar-refractivity contribution < 1.29 is 166 Å². The first-order valence-electron chi connectivity index (χ1n) is 45.6. The van der Waals surface area contributed by atoms with Crippen LogP contribution < -0.4 is 103 Å². The number of rotatable bonds is 54. The van der Waals surface area contributed by atoms with Crippen molar-refractivity contribution in [2.75, 3.05) is 105 Å². The average Bonchev–Trinajstić information content (AvgIpc) is 1.62. The SMILES string of the molecule is CC(N)CNS(=O)(=O)N1C[C@H](CCCB(O)O)[C@](NC(=O)[C@H](C)N)(C(=O)O)C1.CC(NS(=O)(=O)N1C[C@H](CCCB(O)O)[C@](NC(=O)[C@H](C)N)(C(=O)O)C1)C1(N)CC1.C[C@H](N)C(=O)N[C@@]1(C(=O)O)CN(S(=O)(=O)N(C)CCN)C[C@@H]1CCCB(O)O.C[C@H](N)C(=O)N[C@@]1(C(=O)O)CN(S(=O)(=O)NC2CC2N)C[C@@H]1CCCB(O)O.C[C@H](N)C(=O)N[C@@]1(C(=O)O)CN(S(=O)(=O)NCCN)C[C@@H]1CCCB(O)O. The van der Waals surface area contributed by atoms with Gasteiger partial charge in [-0.2, -0.15) is 77.4 Å². The second kappa shape index (κ2) is 55.0. The highest BCUT2D eigenvalue weighted by molar-refractivity contribution is 7.88. The summed E-state index contributed by atoms with van der Waals surface area (Å²) in [6, 6.07) is -6.58. The van der Waals surface area contributed by atoms with Crippen molar-refractivity contribution in [2.24, 2.45) is 86.9 Å². The van der Waals surface area contributed by atoms with Gasteiger partial charge in [0.15, 0.2) is 27.7 Å². The number of carbonyl (C=O) groups is 10. The molecule has 19 atom stereocenters. The summed E-state index contributed by atoms with van der Waals surface area (Å²) in [5, 5.41) is 152. The molecule has 4 unspecified atom stereocenters. The van der Waals surface area contributed by atoms with Crippen LogP contribution in [0.5, 0.6) is 0 Å². The molecule has 0 radical (unpaired) electrons. The molecular weight excluding hydrogens is 1980 g/mol. The normalized spacial score (nSPS) is 26.7. The van der Waals surface area contributed by atoms with Gasteiger partial charge in [-0.25, -0.2) is 33.4 Å². The average molecular weight is 2130 g/mol. The van der Waals surface area contributed by atoms with E-state index in [2.05, 4.69) is 45.5 Å². The first-order chi connectivity index (χ1) is 64.8. The van der Waals surface area contributed by atoms with Crippen molar-refractivity contribution in [1.29, 1.82) is 0 Å². The Morgan fingerprint density at radius 1 is 0.390 bits per heavy atom. The molecule has 70 heteroatoms. The number of hydrogen-bond donors (Lipinski definition) is 34. The first kappa shape index (κ1) is 129. The minimum absolute atomic E-state index is 0.00460. The van der Waals surface area contributed by atoms with E-state index in [-0.39, 0.29) is 167 Å². The van der Waals surface area contributed by atoms with E-state index >= 15 is 0 Å². The largest absolute Gasteiger partial charge is 0.479 e. The van der Waals surface area contributed by atoms with Crippen LogP contribution in [-0.4, -0.2) is 431 Å². The first-order valence-corrected chi connectivity index (χ1v) is 52.7. The van der Waals surface area contributed by atoms with E-state index in [1.165, 1.54) is 41.7 Å². The van der Waals surface area contributed by atoms with Gasteiger partial charge in [-0.15, -0.1) is 0 Å². The minimum Gasteiger partial charge on any atom is -0.479 e. The third-order valence-corrected chi connectivity index (χ3v) is 33.3. The molecule has 2 aliphatic carbocycles. The molecular formula is C71H148B5N25O35S5. The molecule has 0 aromatic heterocycles.